The van der Waals surface area contributed by atoms with E-state index in [9.17, 15) is 5.11 Å². The molecule has 1 heterocycles. The van der Waals surface area contributed by atoms with Gasteiger partial charge in [-0.15, -0.1) is 0 Å². The molecule has 0 saturated carbocycles. The second kappa shape index (κ2) is 5.28. The third kappa shape index (κ3) is 2.81. The van der Waals surface area contributed by atoms with E-state index in [1.54, 1.807) is 12.3 Å². The van der Waals surface area contributed by atoms with Crippen LogP contribution in [0.15, 0.2) is 48.7 Å². The lowest BCUT2D eigenvalue weighted by molar-refractivity contribution is 0.464. The van der Waals surface area contributed by atoms with Crippen LogP contribution in [0.1, 0.15) is 11.3 Å². The summed E-state index contributed by atoms with van der Waals surface area (Å²) >= 11 is 0. The molecule has 16 heavy (non-hydrogen) atoms. The molecular weight excluding hydrogens is 200 g/mol. The van der Waals surface area contributed by atoms with Crippen molar-refractivity contribution < 1.29 is 5.11 Å². The van der Waals surface area contributed by atoms with Gasteiger partial charge in [-0.2, -0.15) is 0 Å². The number of nitrogens with one attached hydrogen (secondary N) is 1. The largest absolute Gasteiger partial charge is 0.508 e. The van der Waals surface area contributed by atoms with Gasteiger partial charge in [-0.1, -0.05) is 24.3 Å². The van der Waals surface area contributed by atoms with E-state index >= 15 is 0 Å². The number of phenols is 1. The molecule has 2 N–H and O–H groups in total. The Hall–Kier alpha value is -1.87. The maximum atomic E-state index is 9.55. The van der Waals surface area contributed by atoms with Gasteiger partial charge in [0, 0.05) is 24.8 Å². The highest BCUT2D eigenvalue weighted by Crippen LogP contribution is 2.14. The lowest BCUT2D eigenvalue weighted by Crippen LogP contribution is -2.13. The van der Waals surface area contributed by atoms with Crippen molar-refractivity contribution in [2.75, 3.05) is 0 Å². The van der Waals surface area contributed by atoms with Crippen molar-refractivity contribution in [1.82, 2.24) is 10.3 Å². The summed E-state index contributed by atoms with van der Waals surface area (Å²) in [4.78, 5) is 4.21. The molecule has 0 aliphatic rings. The summed E-state index contributed by atoms with van der Waals surface area (Å²) in [6.07, 6.45) is 1.77. The predicted molar refractivity (Wildman–Crippen MR) is 62.9 cm³/mol. The first-order chi connectivity index (χ1) is 7.86. The van der Waals surface area contributed by atoms with E-state index in [4.69, 9.17) is 0 Å². The minimum Gasteiger partial charge on any atom is -0.508 e. The Balaban J connectivity index is 1.87. The monoisotopic (exact) mass is 214 g/mol. The van der Waals surface area contributed by atoms with Crippen LogP contribution >= 0.6 is 0 Å². The van der Waals surface area contributed by atoms with E-state index in [0.29, 0.717) is 18.8 Å². The fourth-order valence-electron chi connectivity index (χ4n) is 1.49. The molecule has 0 saturated heterocycles. The number of nitrogens with zero attached hydrogens (tertiary/aromatic N) is 1. The summed E-state index contributed by atoms with van der Waals surface area (Å²) < 4.78 is 0. The number of para-hydroxylation sites is 1. The molecule has 0 unspecified atom stereocenters. The van der Waals surface area contributed by atoms with Crippen molar-refractivity contribution in [2.24, 2.45) is 0 Å². The lowest BCUT2D eigenvalue weighted by Gasteiger charge is -2.05. The normalized spacial score (nSPS) is 10.2. The van der Waals surface area contributed by atoms with Crippen molar-refractivity contribution in [1.29, 1.82) is 0 Å². The molecule has 3 nitrogen and oxygen atoms in total. The van der Waals surface area contributed by atoms with Crippen LogP contribution in [0.2, 0.25) is 0 Å². The van der Waals surface area contributed by atoms with Crippen LogP contribution in [0.25, 0.3) is 0 Å². The Morgan fingerprint density at radius 2 is 1.81 bits per heavy atom. The molecule has 0 bridgehead atoms. The molecule has 2 rings (SSSR count). The summed E-state index contributed by atoms with van der Waals surface area (Å²) in [5, 5.41) is 12.8. The molecule has 0 aliphatic carbocycles. The zero-order valence-corrected chi connectivity index (χ0v) is 8.93. The van der Waals surface area contributed by atoms with E-state index in [1.807, 2.05) is 36.4 Å². The van der Waals surface area contributed by atoms with Crippen LogP contribution in [0, 0.1) is 0 Å². The van der Waals surface area contributed by atoms with E-state index in [1.165, 1.54) is 0 Å². The van der Waals surface area contributed by atoms with Gasteiger partial charge in [0.05, 0.1) is 5.69 Å². The molecule has 1 aromatic carbocycles. The maximum absolute atomic E-state index is 9.55. The summed E-state index contributed by atoms with van der Waals surface area (Å²) in [5.41, 5.74) is 1.90. The van der Waals surface area contributed by atoms with Crippen molar-refractivity contribution in [3.63, 3.8) is 0 Å². The fourth-order valence-corrected chi connectivity index (χ4v) is 1.49. The molecule has 0 amide bonds. The van der Waals surface area contributed by atoms with E-state index < -0.39 is 0 Å². The Morgan fingerprint density at radius 3 is 2.56 bits per heavy atom. The molecular formula is C13H14N2O. The summed E-state index contributed by atoms with van der Waals surface area (Å²) in [6, 6.07) is 13.2. The van der Waals surface area contributed by atoms with Gasteiger partial charge in [-0.05, 0) is 18.2 Å². The van der Waals surface area contributed by atoms with Gasteiger partial charge in [0.25, 0.3) is 0 Å². The van der Waals surface area contributed by atoms with Crippen LogP contribution in [-0.4, -0.2) is 10.1 Å². The van der Waals surface area contributed by atoms with Gasteiger partial charge in [-0.25, -0.2) is 0 Å². The number of phenolic OH excluding ortho intramolecular Hbond substituents is 1. The molecule has 3 heteroatoms. The summed E-state index contributed by atoms with van der Waals surface area (Å²) in [5.74, 6) is 0.330. The van der Waals surface area contributed by atoms with Crippen molar-refractivity contribution in [2.45, 2.75) is 13.1 Å². The molecule has 2 aromatic rings. The Labute approximate surface area is 94.8 Å². The number of hydrogen-bond acceptors (Lipinski definition) is 3. The van der Waals surface area contributed by atoms with Crippen molar-refractivity contribution >= 4 is 0 Å². The minimum absolute atomic E-state index is 0.330. The van der Waals surface area contributed by atoms with Crippen molar-refractivity contribution in [3.05, 3.63) is 59.9 Å². The molecule has 0 atom stereocenters. The SMILES string of the molecule is Oc1ccccc1CNCc1ccccn1. The summed E-state index contributed by atoms with van der Waals surface area (Å²) in [6.45, 7) is 1.35. The molecule has 0 spiro atoms. The van der Waals surface area contributed by atoms with E-state index in [2.05, 4.69) is 10.3 Å². The number of aromatic hydroxyl groups is 1. The van der Waals surface area contributed by atoms with Crippen LogP contribution in [0.3, 0.4) is 0 Å². The average Bonchev–Trinajstić information content (AvgIpc) is 2.33. The molecule has 82 valence electrons. The molecule has 1 aromatic heterocycles. The second-order valence-electron chi connectivity index (χ2n) is 3.55. The highest BCUT2D eigenvalue weighted by Gasteiger charge is 1.98. The number of hydrogen-bond donors (Lipinski definition) is 2. The van der Waals surface area contributed by atoms with Gasteiger partial charge < -0.3 is 10.4 Å². The van der Waals surface area contributed by atoms with Crippen LogP contribution in [0.5, 0.6) is 5.75 Å². The first-order valence-electron chi connectivity index (χ1n) is 5.24. The number of aromatic nitrogens is 1. The number of pyridine rings is 1. The lowest BCUT2D eigenvalue weighted by atomic mass is 10.2. The van der Waals surface area contributed by atoms with Gasteiger partial charge in [0.15, 0.2) is 0 Å². The Morgan fingerprint density at radius 1 is 1.00 bits per heavy atom. The number of benzene rings is 1. The third-order valence-corrected chi connectivity index (χ3v) is 2.34. The van der Waals surface area contributed by atoms with Gasteiger partial charge in [0.2, 0.25) is 0 Å². The Kier molecular flexibility index (Phi) is 3.51. The second-order valence-corrected chi connectivity index (χ2v) is 3.55. The van der Waals surface area contributed by atoms with E-state index in [0.717, 1.165) is 11.3 Å². The van der Waals surface area contributed by atoms with Crippen LogP contribution in [-0.2, 0) is 13.1 Å². The highest BCUT2D eigenvalue weighted by molar-refractivity contribution is 5.31. The number of rotatable bonds is 4. The van der Waals surface area contributed by atoms with Crippen molar-refractivity contribution in [3.8, 4) is 5.75 Å². The standard InChI is InChI=1S/C13H14N2O/c16-13-7-2-1-5-11(13)9-14-10-12-6-3-4-8-15-12/h1-8,14,16H,9-10H2. The quantitative estimate of drug-likeness (QED) is 0.819. The Bertz CT molecular complexity index is 443. The highest BCUT2D eigenvalue weighted by atomic mass is 16.3. The van der Waals surface area contributed by atoms with Crippen LogP contribution < -0.4 is 5.32 Å². The van der Waals surface area contributed by atoms with Crippen LogP contribution in [0.4, 0.5) is 0 Å². The predicted octanol–water partition coefficient (Wildman–Crippen LogP) is 2.08. The van der Waals surface area contributed by atoms with Gasteiger partial charge >= 0.3 is 0 Å². The molecule has 0 radical (unpaired) electrons. The fraction of sp³-hybridized carbons (Fsp3) is 0.154. The summed E-state index contributed by atoms with van der Waals surface area (Å²) in [7, 11) is 0. The minimum atomic E-state index is 0.330. The molecule has 0 fully saturated rings. The smallest absolute Gasteiger partial charge is 0.120 e. The maximum Gasteiger partial charge on any atom is 0.120 e. The average molecular weight is 214 g/mol. The molecule has 0 aliphatic heterocycles. The first-order valence-corrected chi connectivity index (χ1v) is 5.24. The topological polar surface area (TPSA) is 45.1 Å². The van der Waals surface area contributed by atoms with Gasteiger partial charge in [-0.3, -0.25) is 4.98 Å². The first kappa shape index (κ1) is 10.6. The zero-order valence-electron chi connectivity index (χ0n) is 8.93. The van der Waals surface area contributed by atoms with E-state index in [-0.39, 0.29) is 0 Å². The zero-order chi connectivity index (χ0) is 11.2. The third-order valence-electron chi connectivity index (χ3n) is 2.34. The van der Waals surface area contributed by atoms with Gasteiger partial charge in [0.1, 0.15) is 5.75 Å².